The third-order valence-corrected chi connectivity index (χ3v) is 5.49. The van der Waals surface area contributed by atoms with Gasteiger partial charge in [0.1, 0.15) is 5.82 Å². The lowest BCUT2D eigenvalue weighted by atomic mass is 9.97. The Morgan fingerprint density at radius 2 is 2.24 bits per heavy atom. The van der Waals surface area contributed by atoms with Gasteiger partial charge in [0.25, 0.3) is 0 Å². The first kappa shape index (κ1) is 13.4. The lowest BCUT2D eigenvalue weighted by Crippen LogP contribution is -2.34. The van der Waals surface area contributed by atoms with Gasteiger partial charge in [0, 0.05) is 29.8 Å². The van der Waals surface area contributed by atoms with Crippen molar-refractivity contribution in [3.63, 3.8) is 0 Å². The molecule has 4 rings (SSSR count). The van der Waals surface area contributed by atoms with E-state index in [1.165, 1.54) is 42.8 Å². The Hall–Kier alpha value is -1.27. The number of hydrogen-bond acceptors (Lipinski definition) is 5. The maximum atomic E-state index is 4.74. The highest BCUT2D eigenvalue weighted by Gasteiger charge is 2.30. The van der Waals surface area contributed by atoms with Crippen LogP contribution in [-0.4, -0.2) is 38.2 Å². The predicted octanol–water partition coefficient (Wildman–Crippen LogP) is 2.83. The average Bonchev–Trinajstić information content (AvgIpc) is 3.09. The SMILES string of the molecule is Cc1ncsc1CN1CCCC(c2n[nH]c(C3CC3)n2)C1. The minimum Gasteiger partial charge on any atom is -0.297 e. The van der Waals surface area contributed by atoms with Gasteiger partial charge in [0.15, 0.2) is 5.82 Å². The molecule has 2 aromatic heterocycles. The van der Waals surface area contributed by atoms with E-state index < -0.39 is 0 Å². The highest BCUT2D eigenvalue weighted by atomic mass is 32.1. The van der Waals surface area contributed by atoms with Crippen LogP contribution in [-0.2, 0) is 6.54 Å². The zero-order valence-electron chi connectivity index (χ0n) is 12.4. The van der Waals surface area contributed by atoms with E-state index in [2.05, 4.69) is 27.0 Å². The zero-order valence-corrected chi connectivity index (χ0v) is 13.2. The summed E-state index contributed by atoms with van der Waals surface area (Å²) in [5.41, 5.74) is 3.12. The van der Waals surface area contributed by atoms with Gasteiger partial charge in [-0.1, -0.05) is 0 Å². The summed E-state index contributed by atoms with van der Waals surface area (Å²) in [6, 6.07) is 0. The molecule has 1 atom stereocenters. The summed E-state index contributed by atoms with van der Waals surface area (Å²) < 4.78 is 0. The lowest BCUT2D eigenvalue weighted by Gasteiger charge is -2.31. The molecule has 2 aromatic rings. The molecule has 112 valence electrons. The summed E-state index contributed by atoms with van der Waals surface area (Å²) in [5, 5.41) is 7.62. The molecule has 1 saturated heterocycles. The molecule has 1 N–H and O–H groups in total. The van der Waals surface area contributed by atoms with Crippen molar-refractivity contribution in [1.29, 1.82) is 0 Å². The Balaban J connectivity index is 1.43. The summed E-state index contributed by atoms with van der Waals surface area (Å²) in [4.78, 5) is 13.0. The summed E-state index contributed by atoms with van der Waals surface area (Å²) in [5.74, 6) is 3.28. The van der Waals surface area contributed by atoms with Gasteiger partial charge < -0.3 is 0 Å². The quantitative estimate of drug-likeness (QED) is 0.943. The van der Waals surface area contributed by atoms with E-state index in [4.69, 9.17) is 4.98 Å². The van der Waals surface area contributed by atoms with E-state index in [-0.39, 0.29) is 0 Å². The highest BCUT2D eigenvalue weighted by molar-refractivity contribution is 7.09. The standard InChI is InChI=1S/C15H21N5S/c1-10-13(21-9-16-10)8-20-6-2-3-12(7-20)15-17-14(18-19-15)11-4-5-11/h9,11-12H,2-8H2,1H3,(H,17,18,19). The van der Waals surface area contributed by atoms with Crippen molar-refractivity contribution in [2.75, 3.05) is 13.1 Å². The number of nitrogens with one attached hydrogen (secondary N) is 1. The minimum atomic E-state index is 0.482. The number of likely N-dealkylation sites (tertiary alicyclic amines) is 1. The van der Waals surface area contributed by atoms with Crippen LogP contribution in [0.5, 0.6) is 0 Å². The molecule has 1 aliphatic heterocycles. The van der Waals surface area contributed by atoms with Gasteiger partial charge in [-0.2, -0.15) is 5.10 Å². The molecule has 1 aliphatic carbocycles. The number of nitrogens with zero attached hydrogens (tertiary/aromatic N) is 4. The monoisotopic (exact) mass is 303 g/mol. The smallest absolute Gasteiger partial charge is 0.155 e. The van der Waals surface area contributed by atoms with Crippen LogP contribution >= 0.6 is 11.3 Å². The second kappa shape index (κ2) is 5.50. The first-order valence-electron chi connectivity index (χ1n) is 7.83. The van der Waals surface area contributed by atoms with Gasteiger partial charge >= 0.3 is 0 Å². The summed E-state index contributed by atoms with van der Waals surface area (Å²) in [6.45, 7) is 5.37. The average molecular weight is 303 g/mol. The van der Waals surface area contributed by atoms with Gasteiger partial charge in [0.05, 0.1) is 11.2 Å². The second-order valence-electron chi connectivity index (χ2n) is 6.29. The van der Waals surface area contributed by atoms with E-state index >= 15 is 0 Å². The second-order valence-corrected chi connectivity index (χ2v) is 7.23. The third kappa shape index (κ3) is 2.87. The van der Waals surface area contributed by atoms with Crippen molar-refractivity contribution < 1.29 is 0 Å². The molecule has 21 heavy (non-hydrogen) atoms. The molecule has 6 heteroatoms. The van der Waals surface area contributed by atoms with Crippen LogP contribution in [0.3, 0.4) is 0 Å². The largest absolute Gasteiger partial charge is 0.297 e. The number of aryl methyl sites for hydroxylation is 1. The van der Waals surface area contributed by atoms with Crippen LogP contribution in [0.2, 0.25) is 0 Å². The van der Waals surface area contributed by atoms with Crippen molar-refractivity contribution in [2.45, 2.75) is 51.0 Å². The first-order chi connectivity index (χ1) is 10.3. The van der Waals surface area contributed by atoms with E-state index in [0.29, 0.717) is 11.8 Å². The number of piperidine rings is 1. The summed E-state index contributed by atoms with van der Waals surface area (Å²) in [7, 11) is 0. The molecule has 2 fully saturated rings. The van der Waals surface area contributed by atoms with Crippen LogP contribution in [0.4, 0.5) is 0 Å². The Morgan fingerprint density at radius 3 is 3.00 bits per heavy atom. The Bertz CT molecular complexity index is 615. The molecule has 1 unspecified atom stereocenters. The Morgan fingerprint density at radius 1 is 1.33 bits per heavy atom. The topological polar surface area (TPSA) is 57.7 Å². The molecular formula is C15H21N5S. The fourth-order valence-corrected chi connectivity index (χ4v) is 3.92. The molecular weight excluding hydrogens is 282 g/mol. The van der Waals surface area contributed by atoms with Gasteiger partial charge in [-0.15, -0.1) is 11.3 Å². The molecule has 2 aliphatic rings. The summed E-state index contributed by atoms with van der Waals surface area (Å²) in [6.07, 6.45) is 4.99. The predicted molar refractivity (Wildman–Crippen MR) is 82.5 cm³/mol. The summed E-state index contributed by atoms with van der Waals surface area (Å²) >= 11 is 1.77. The number of thiazole rings is 1. The van der Waals surface area contributed by atoms with Crippen LogP contribution < -0.4 is 0 Å². The number of aromatic nitrogens is 4. The van der Waals surface area contributed by atoms with Crippen molar-refractivity contribution in [2.24, 2.45) is 0 Å². The maximum absolute atomic E-state index is 4.74. The number of aromatic amines is 1. The van der Waals surface area contributed by atoms with Gasteiger partial charge in [-0.3, -0.25) is 10.00 Å². The van der Waals surface area contributed by atoms with Crippen LogP contribution in [0.25, 0.3) is 0 Å². The van der Waals surface area contributed by atoms with Gasteiger partial charge in [-0.05, 0) is 39.2 Å². The van der Waals surface area contributed by atoms with Crippen molar-refractivity contribution in [1.82, 2.24) is 25.1 Å². The van der Waals surface area contributed by atoms with Crippen LogP contribution in [0.15, 0.2) is 5.51 Å². The van der Waals surface area contributed by atoms with E-state index in [1.807, 2.05) is 5.51 Å². The molecule has 0 amide bonds. The Kier molecular flexibility index (Phi) is 3.51. The first-order valence-corrected chi connectivity index (χ1v) is 8.71. The fraction of sp³-hybridized carbons (Fsp3) is 0.667. The highest BCUT2D eigenvalue weighted by Crippen LogP contribution is 2.38. The van der Waals surface area contributed by atoms with Crippen LogP contribution in [0.1, 0.15) is 59.7 Å². The molecule has 0 spiro atoms. The molecule has 1 saturated carbocycles. The minimum absolute atomic E-state index is 0.482. The molecule has 0 bridgehead atoms. The fourth-order valence-electron chi connectivity index (χ4n) is 3.10. The number of H-pyrrole nitrogens is 1. The number of rotatable bonds is 4. The van der Waals surface area contributed by atoms with E-state index in [1.54, 1.807) is 11.3 Å². The van der Waals surface area contributed by atoms with E-state index in [9.17, 15) is 0 Å². The van der Waals surface area contributed by atoms with E-state index in [0.717, 1.165) is 24.7 Å². The third-order valence-electron chi connectivity index (χ3n) is 4.57. The number of hydrogen-bond donors (Lipinski definition) is 1. The molecule has 0 aromatic carbocycles. The maximum Gasteiger partial charge on any atom is 0.155 e. The lowest BCUT2D eigenvalue weighted by molar-refractivity contribution is 0.198. The molecule has 3 heterocycles. The van der Waals surface area contributed by atoms with Crippen LogP contribution in [0, 0.1) is 6.92 Å². The zero-order chi connectivity index (χ0) is 14.2. The normalized spacial score (nSPS) is 23.6. The molecule has 5 nitrogen and oxygen atoms in total. The van der Waals surface area contributed by atoms with Gasteiger partial charge in [0.2, 0.25) is 0 Å². The van der Waals surface area contributed by atoms with Gasteiger partial charge in [-0.25, -0.2) is 9.97 Å². The Labute approximate surface area is 128 Å². The van der Waals surface area contributed by atoms with Crippen molar-refractivity contribution in [3.05, 3.63) is 27.7 Å². The van der Waals surface area contributed by atoms with Crippen molar-refractivity contribution in [3.8, 4) is 0 Å². The molecule has 0 radical (unpaired) electrons. The van der Waals surface area contributed by atoms with Crippen molar-refractivity contribution >= 4 is 11.3 Å².